The van der Waals surface area contributed by atoms with Gasteiger partial charge in [0.05, 0.1) is 6.61 Å². The molecule has 0 spiro atoms. The molecule has 24 heavy (non-hydrogen) atoms. The van der Waals surface area contributed by atoms with Gasteiger partial charge >= 0.3 is 0 Å². The summed E-state index contributed by atoms with van der Waals surface area (Å²) in [5.74, 6) is 0.839. The molecule has 0 aliphatic rings. The summed E-state index contributed by atoms with van der Waals surface area (Å²) in [5, 5.41) is 2.97. The van der Waals surface area contributed by atoms with Crippen molar-refractivity contribution in [2.75, 3.05) is 18.9 Å². The first kappa shape index (κ1) is 19.8. The molecule has 2 aromatic rings. The number of nitrogen functional groups attached to an aromatic ring is 1. The van der Waals surface area contributed by atoms with Gasteiger partial charge in [-0.2, -0.15) is 0 Å². The van der Waals surface area contributed by atoms with Crippen LogP contribution >= 0.6 is 12.4 Å². The third kappa shape index (κ3) is 6.92. The summed E-state index contributed by atoms with van der Waals surface area (Å²) in [6.07, 6.45) is 1.50. The number of hydrogen-bond donors (Lipinski definition) is 2. The van der Waals surface area contributed by atoms with Gasteiger partial charge in [-0.3, -0.25) is 4.79 Å². The van der Waals surface area contributed by atoms with E-state index in [0.717, 1.165) is 17.9 Å². The number of anilines is 1. The smallest absolute Gasteiger partial charge is 0.222 e. The van der Waals surface area contributed by atoms with E-state index in [9.17, 15) is 4.79 Å². The number of para-hydroxylation sites is 1. The maximum Gasteiger partial charge on any atom is 0.222 e. The SMILES string of the molecule is CC(CCOc1ccccc1)C(=O)NCCc1ccc(N)cc1.Cl. The van der Waals surface area contributed by atoms with Crippen LogP contribution in [0.5, 0.6) is 5.75 Å². The molecule has 0 heterocycles. The van der Waals surface area contributed by atoms with Gasteiger partial charge in [0.1, 0.15) is 5.75 Å². The predicted molar refractivity (Wildman–Crippen MR) is 101 cm³/mol. The van der Waals surface area contributed by atoms with Crippen LogP contribution in [0.4, 0.5) is 5.69 Å². The van der Waals surface area contributed by atoms with E-state index in [0.29, 0.717) is 19.6 Å². The third-order valence-electron chi connectivity index (χ3n) is 3.70. The normalized spacial score (nSPS) is 11.2. The van der Waals surface area contributed by atoms with Gasteiger partial charge in [-0.1, -0.05) is 37.3 Å². The van der Waals surface area contributed by atoms with E-state index in [1.807, 2.05) is 61.5 Å². The van der Waals surface area contributed by atoms with Crippen LogP contribution in [-0.4, -0.2) is 19.1 Å². The standard InChI is InChI=1S/C19H24N2O2.ClH/c1-15(12-14-23-18-5-3-2-4-6-18)19(22)21-13-11-16-7-9-17(20)10-8-16;/h2-10,15H,11-14,20H2,1H3,(H,21,22);1H. The monoisotopic (exact) mass is 348 g/mol. The number of nitrogens with two attached hydrogens (primary N) is 1. The molecule has 1 atom stereocenters. The lowest BCUT2D eigenvalue weighted by Crippen LogP contribution is -2.31. The highest BCUT2D eigenvalue weighted by molar-refractivity contribution is 5.85. The van der Waals surface area contributed by atoms with Crippen LogP contribution in [0.2, 0.25) is 0 Å². The van der Waals surface area contributed by atoms with Gasteiger partial charge in [0, 0.05) is 18.2 Å². The minimum absolute atomic E-state index is 0. The number of rotatable bonds is 8. The van der Waals surface area contributed by atoms with Crippen molar-refractivity contribution in [1.82, 2.24) is 5.32 Å². The van der Waals surface area contributed by atoms with Crippen LogP contribution in [0, 0.1) is 5.92 Å². The number of amides is 1. The van der Waals surface area contributed by atoms with Crippen LogP contribution in [0.15, 0.2) is 54.6 Å². The predicted octanol–water partition coefficient (Wildman–Crippen LogP) is 3.45. The molecule has 3 N–H and O–H groups in total. The quantitative estimate of drug-likeness (QED) is 0.718. The van der Waals surface area contributed by atoms with Crippen molar-refractivity contribution < 1.29 is 9.53 Å². The van der Waals surface area contributed by atoms with Crippen molar-refractivity contribution in [3.05, 3.63) is 60.2 Å². The highest BCUT2D eigenvalue weighted by Crippen LogP contribution is 2.10. The topological polar surface area (TPSA) is 64.3 Å². The molecule has 1 amide bonds. The lowest BCUT2D eigenvalue weighted by molar-refractivity contribution is -0.124. The molecule has 5 heteroatoms. The van der Waals surface area contributed by atoms with Crippen molar-refractivity contribution in [2.45, 2.75) is 19.8 Å². The van der Waals surface area contributed by atoms with Gasteiger partial charge in [0.15, 0.2) is 0 Å². The Labute approximate surface area is 149 Å². The number of nitrogens with one attached hydrogen (secondary N) is 1. The summed E-state index contributed by atoms with van der Waals surface area (Å²) < 4.78 is 5.62. The van der Waals surface area contributed by atoms with Crippen molar-refractivity contribution in [1.29, 1.82) is 0 Å². The van der Waals surface area contributed by atoms with Crippen molar-refractivity contribution in [3.63, 3.8) is 0 Å². The van der Waals surface area contributed by atoms with E-state index < -0.39 is 0 Å². The summed E-state index contributed by atoms with van der Waals surface area (Å²) in [6, 6.07) is 17.4. The summed E-state index contributed by atoms with van der Waals surface area (Å²) in [5.41, 5.74) is 7.57. The van der Waals surface area contributed by atoms with Crippen LogP contribution in [-0.2, 0) is 11.2 Å². The zero-order valence-corrected chi connectivity index (χ0v) is 14.7. The van der Waals surface area contributed by atoms with Crippen molar-refractivity contribution in [2.24, 2.45) is 5.92 Å². The second-order valence-electron chi connectivity index (χ2n) is 5.63. The highest BCUT2D eigenvalue weighted by Gasteiger charge is 2.12. The van der Waals surface area contributed by atoms with Gasteiger partial charge in [-0.15, -0.1) is 12.4 Å². The second-order valence-corrected chi connectivity index (χ2v) is 5.63. The molecule has 0 aliphatic heterocycles. The Bertz CT molecular complexity index is 603. The van der Waals surface area contributed by atoms with Crippen LogP contribution in [0.25, 0.3) is 0 Å². The molecule has 2 rings (SSSR count). The Morgan fingerprint density at radius 2 is 1.79 bits per heavy atom. The molecule has 130 valence electrons. The Kier molecular flexibility index (Phi) is 8.72. The molecule has 0 bridgehead atoms. The molecular formula is C19H25ClN2O2. The number of ether oxygens (including phenoxy) is 1. The van der Waals surface area contributed by atoms with Crippen molar-refractivity contribution in [3.8, 4) is 5.75 Å². The molecular weight excluding hydrogens is 324 g/mol. The van der Waals surface area contributed by atoms with E-state index in [1.54, 1.807) is 0 Å². The van der Waals surface area contributed by atoms with Crippen LogP contribution in [0.1, 0.15) is 18.9 Å². The number of hydrogen-bond acceptors (Lipinski definition) is 3. The Balaban J connectivity index is 0.00000288. The third-order valence-corrected chi connectivity index (χ3v) is 3.70. The van der Waals surface area contributed by atoms with Gasteiger partial charge in [0.25, 0.3) is 0 Å². The minimum atomic E-state index is -0.0647. The fourth-order valence-electron chi connectivity index (χ4n) is 2.19. The Morgan fingerprint density at radius 3 is 2.46 bits per heavy atom. The van der Waals surface area contributed by atoms with Crippen LogP contribution in [0.3, 0.4) is 0 Å². The number of carbonyl (C=O) groups excluding carboxylic acids is 1. The number of benzene rings is 2. The number of carbonyl (C=O) groups is 1. The summed E-state index contributed by atoms with van der Waals surface area (Å²) in [4.78, 5) is 12.0. The molecule has 0 radical (unpaired) electrons. The first-order valence-electron chi connectivity index (χ1n) is 7.95. The van der Waals surface area contributed by atoms with Gasteiger partial charge in [-0.25, -0.2) is 0 Å². The Morgan fingerprint density at radius 1 is 1.12 bits per heavy atom. The van der Waals surface area contributed by atoms with E-state index in [4.69, 9.17) is 10.5 Å². The Hall–Kier alpha value is -2.20. The average Bonchev–Trinajstić information content (AvgIpc) is 2.57. The fourth-order valence-corrected chi connectivity index (χ4v) is 2.19. The molecule has 4 nitrogen and oxygen atoms in total. The zero-order valence-electron chi connectivity index (χ0n) is 13.9. The van der Waals surface area contributed by atoms with Gasteiger partial charge in [0.2, 0.25) is 5.91 Å². The molecule has 0 aliphatic carbocycles. The van der Waals surface area contributed by atoms with E-state index in [1.165, 1.54) is 5.56 Å². The molecule has 2 aromatic carbocycles. The zero-order chi connectivity index (χ0) is 16.5. The average molecular weight is 349 g/mol. The second kappa shape index (κ2) is 10.6. The summed E-state index contributed by atoms with van der Waals surface area (Å²) in [6.45, 7) is 3.09. The maximum absolute atomic E-state index is 12.0. The largest absolute Gasteiger partial charge is 0.494 e. The lowest BCUT2D eigenvalue weighted by atomic mass is 10.1. The summed E-state index contributed by atoms with van der Waals surface area (Å²) in [7, 11) is 0. The van der Waals surface area contributed by atoms with E-state index in [2.05, 4.69) is 5.32 Å². The summed E-state index contributed by atoms with van der Waals surface area (Å²) >= 11 is 0. The fraction of sp³-hybridized carbons (Fsp3) is 0.316. The number of halogens is 1. The first-order valence-corrected chi connectivity index (χ1v) is 7.95. The highest BCUT2D eigenvalue weighted by atomic mass is 35.5. The van der Waals surface area contributed by atoms with Crippen molar-refractivity contribution >= 4 is 24.0 Å². The maximum atomic E-state index is 12.0. The van der Waals surface area contributed by atoms with E-state index in [-0.39, 0.29) is 24.2 Å². The lowest BCUT2D eigenvalue weighted by Gasteiger charge is -2.13. The van der Waals surface area contributed by atoms with Gasteiger partial charge in [-0.05, 0) is 42.7 Å². The van der Waals surface area contributed by atoms with Gasteiger partial charge < -0.3 is 15.8 Å². The van der Waals surface area contributed by atoms with Crippen LogP contribution < -0.4 is 15.8 Å². The molecule has 0 aromatic heterocycles. The van der Waals surface area contributed by atoms with E-state index >= 15 is 0 Å². The molecule has 0 saturated heterocycles. The minimum Gasteiger partial charge on any atom is -0.494 e. The molecule has 0 fully saturated rings. The molecule has 0 saturated carbocycles. The first-order chi connectivity index (χ1) is 11.1. The molecule has 1 unspecified atom stereocenters.